The van der Waals surface area contributed by atoms with Gasteiger partial charge in [0.1, 0.15) is 0 Å². The van der Waals surface area contributed by atoms with Crippen LogP contribution in [0.4, 0.5) is 0 Å². The maximum Gasteiger partial charge on any atom is 0.264 e. The summed E-state index contributed by atoms with van der Waals surface area (Å²) in [4.78, 5) is 25.9. The second kappa shape index (κ2) is 24.2. The van der Waals surface area contributed by atoms with E-state index < -0.39 is 10.1 Å². The third-order valence-corrected chi connectivity index (χ3v) is 6.52. The normalized spacial score (nSPS) is 13.2. The highest BCUT2D eigenvalue weighted by atomic mass is 32.2. The predicted octanol–water partition coefficient (Wildman–Crippen LogP) is 1.17. The second-order valence-electron chi connectivity index (χ2n) is 9.44. The Labute approximate surface area is 260 Å². The van der Waals surface area contributed by atoms with Crippen molar-refractivity contribution in [3.63, 3.8) is 0 Å². The van der Waals surface area contributed by atoms with Gasteiger partial charge in [-0.3, -0.25) is 18.7 Å². The Balaban J connectivity index is 1.20. The number of carbonyl (C=O) groups excluding carboxylic acids is 2. The maximum absolute atomic E-state index is 12.3. The fraction of sp³-hybridized carbons (Fsp3) is 0.724. The first-order valence-corrected chi connectivity index (χ1v) is 16.6. The van der Waals surface area contributed by atoms with Crippen LogP contribution in [-0.4, -0.2) is 150 Å². The highest BCUT2D eigenvalue weighted by Crippen LogP contribution is 2.22. The Morgan fingerprint density at radius 2 is 0.818 bits per heavy atom. The minimum absolute atomic E-state index is 0.00802. The number of carbonyl (C=O) groups is 2. The molecule has 44 heavy (non-hydrogen) atoms. The summed E-state index contributed by atoms with van der Waals surface area (Å²) < 4.78 is 69.4. The number of imide groups is 1. The number of fused-ring (bicyclic) bond motifs is 1. The lowest BCUT2D eigenvalue weighted by molar-refractivity contribution is -0.0236. The minimum atomic E-state index is -3.43. The van der Waals surface area contributed by atoms with Crippen molar-refractivity contribution in [1.29, 1.82) is 0 Å². The van der Waals surface area contributed by atoms with Crippen molar-refractivity contribution in [3.05, 3.63) is 35.4 Å². The summed E-state index contributed by atoms with van der Waals surface area (Å²) in [7, 11) is -3.43. The van der Waals surface area contributed by atoms with Gasteiger partial charge in [-0.25, -0.2) is 0 Å². The summed E-state index contributed by atoms with van der Waals surface area (Å²) in [6, 6.07) is 6.90. The Bertz CT molecular complexity index is 989. The molecular weight excluding hydrogens is 602 g/mol. The Kier molecular flexibility index (Phi) is 21.0. The average Bonchev–Trinajstić information content (AvgIpc) is 3.24. The van der Waals surface area contributed by atoms with Gasteiger partial charge in [0, 0.05) is 13.2 Å². The first kappa shape index (κ1) is 38.1. The molecule has 2 amide bonds. The van der Waals surface area contributed by atoms with E-state index in [0.717, 1.165) is 12.7 Å². The van der Waals surface area contributed by atoms with Gasteiger partial charge < -0.3 is 37.9 Å². The van der Waals surface area contributed by atoms with E-state index in [1.807, 2.05) is 0 Å². The monoisotopic (exact) mass is 649 g/mol. The molecule has 0 radical (unpaired) electrons. The van der Waals surface area contributed by atoms with Crippen molar-refractivity contribution in [2.75, 3.05) is 125 Å². The molecule has 0 bridgehead atoms. The largest absolute Gasteiger partial charge is 0.379 e. The predicted molar refractivity (Wildman–Crippen MR) is 158 cm³/mol. The van der Waals surface area contributed by atoms with Crippen molar-refractivity contribution in [1.82, 2.24) is 4.90 Å². The molecule has 1 aliphatic rings. The number of amides is 2. The van der Waals surface area contributed by atoms with E-state index in [2.05, 4.69) is 4.18 Å². The molecular formula is C29H47NO13S. The van der Waals surface area contributed by atoms with Gasteiger partial charge in [-0.05, 0) is 25.0 Å². The van der Waals surface area contributed by atoms with Crippen LogP contribution in [0.25, 0.3) is 0 Å². The topological polar surface area (TPSA) is 155 Å². The van der Waals surface area contributed by atoms with Gasteiger partial charge in [0.25, 0.3) is 21.9 Å². The number of unbranched alkanes of at least 4 members (excludes halogenated alkanes) is 1. The van der Waals surface area contributed by atoms with Crippen molar-refractivity contribution < 1.29 is 60.1 Å². The van der Waals surface area contributed by atoms with E-state index in [-0.39, 0.29) is 25.0 Å². The quantitative estimate of drug-likeness (QED) is 0.0666. The Morgan fingerprint density at radius 1 is 0.500 bits per heavy atom. The summed E-state index contributed by atoms with van der Waals surface area (Å²) in [5.41, 5.74) is 0.956. The number of hydrogen-bond donors (Lipinski definition) is 0. The average molecular weight is 650 g/mol. The smallest absolute Gasteiger partial charge is 0.264 e. The minimum Gasteiger partial charge on any atom is -0.379 e. The molecule has 0 unspecified atom stereocenters. The molecule has 0 aliphatic carbocycles. The van der Waals surface area contributed by atoms with Crippen molar-refractivity contribution in [2.24, 2.45) is 0 Å². The van der Waals surface area contributed by atoms with Gasteiger partial charge in [-0.1, -0.05) is 12.1 Å². The molecule has 1 aromatic carbocycles. The standard InChI is InChI=1S/C29H47NO13S/c1-44(33,34)43-25-24-42-23-22-41-21-20-40-19-18-39-17-16-38-15-14-37-13-12-36-11-10-35-9-5-4-8-30-28(31)26-6-2-3-7-27(26)29(30)32/h2-3,6-7H,4-5,8-25H2,1H3. The van der Waals surface area contributed by atoms with Crippen LogP contribution in [0.2, 0.25) is 0 Å². The molecule has 0 aromatic heterocycles. The van der Waals surface area contributed by atoms with Crippen LogP contribution < -0.4 is 0 Å². The number of rotatable bonds is 30. The summed E-state index contributed by atoms with van der Waals surface area (Å²) in [6.07, 6.45) is 2.43. The molecule has 1 aromatic rings. The van der Waals surface area contributed by atoms with E-state index in [4.69, 9.17) is 37.9 Å². The lowest BCUT2D eigenvalue weighted by Crippen LogP contribution is -2.30. The van der Waals surface area contributed by atoms with Gasteiger partial charge in [0.15, 0.2) is 0 Å². The van der Waals surface area contributed by atoms with Gasteiger partial charge in [0.2, 0.25) is 0 Å². The SMILES string of the molecule is CS(=O)(=O)OCCOCCOCCOCCOCCOCCOCCOCCOCCCCN1C(=O)c2ccccc2C1=O. The van der Waals surface area contributed by atoms with Gasteiger partial charge in [-0.2, -0.15) is 8.42 Å². The van der Waals surface area contributed by atoms with E-state index in [0.29, 0.717) is 123 Å². The van der Waals surface area contributed by atoms with Crippen LogP contribution in [0.1, 0.15) is 33.6 Å². The molecule has 1 heterocycles. The van der Waals surface area contributed by atoms with Crippen molar-refractivity contribution in [3.8, 4) is 0 Å². The van der Waals surface area contributed by atoms with Crippen LogP contribution in [0, 0.1) is 0 Å². The van der Waals surface area contributed by atoms with E-state index in [9.17, 15) is 18.0 Å². The lowest BCUT2D eigenvalue weighted by atomic mass is 10.1. The van der Waals surface area contributed by atoms with Crippen molar-refractivity contribution >= 4 is 21.9 Å². The first-order chi connectivity index (χ1) is 21.4. The molecule has 14 nitrogen and oxygen atoms in total. The fourth-order valence-electron chi connectivity index (χ4n) is 3.80. The molecule has 0 spiro atoms. The van der Waals surface area contributed by atoms with Crippen LogP contribution in [-0.2, 0) is 52.2 Å². The lowest BCUT2D eigenvalue weighted by Gasteiger charge is -2.13. The molecule has 0 atom stereocenters. The van der Waals surface area contributed by atoms with Gasteiger partial charge >= 0.3 is 0 Å². The highest BCUT2D eigenvalue weighted by Gasteiger charge is 2.34. The van der Waals surface area contributed by atoms with Crippen LogP contribution in [0.15, 0.2) is 24.3 Å². The van der Waals surface area contributed by atoms with E-state index in [1.165, 1.54) is 4.90 Å². The Hall–Kier alpha value is -2.05. The molecule has 0 saturated carbocycles. The van der Waals surface area contributed by atoms with Crippen LogP contribution >= 0.6 is 0 Å². The second-order valence-corrected chi connectivity index (χ2v) is 11.1. The molecule has 252 valence electrons. The number of benzene rings is 1. The number of hydrogen-bond acceptors (Lipinski definition) is 13. The van der Waals surface area contributed by atoms with Crippen molar-refractivity contribution in [2.45, 2.75) is 12.8 Å². The molecule has 0 N–H and O–H groups in total. The van der Waals surface area contributed by atoms with Crippen LogP contribution in [0.3, 0.4) is 0 Å². The zero-order chi connectivity index (χ0) is 31.7. The summed E-state index contributed by atoms with van der Waals surface area (Å²) in [5.74, 6) is -0.444. The third kappa shape index (κ3) is 18.0. The number of ether oxygens (including phenoxy) is 8. The first-order valence-electron chi connectivity index (χ1n) is 14.8. The van der Waals surface area contributed by atoms with Crippen LogP contribution in [0.5, 0.6) is 0 Å². The van der Waals surface area contributed by atoms with Gasteiger partial charge in [-0.15, -0.1) is 0 Å². The highest BCUT2D eigenvalue weighted by molar-refractivity contribution is 7.85. The van der Waals surface area contributed by atoms with E-state index >= 15 is 0 Å². The summed E-state index contributed by atoms with van der Waals surface area (Å²) >= 11 is 0. The third-order valence-electron chi connectivity index (χ3n) is 5.93. The summed E-state index contributed by atoms with van der Waals surface area (Å²) in [6.45, 7) is 7.36. The maximum atomic E-state index is 12.3. The number of nitrogens with zero attached hydrogens (tertiary/aromatic N) is 1. The molecule has 2 rings (SSSR count). The molecule has 0 fully saturated rings. The zero-order valence-electron chi connectivity index (χ0n) is 25.6. The van der Waals surface area contributed by atoms with E-state index in [1.54, 1.807) is 24.3 Å². The fourth-order valence-corrected chi connectivity index (χ4v) is 4.17. The molecule has 1 aliphatic heterocycles. The molecule has 0 saturated heterocycles. The zero-order valence-corrected chi connectivity index (χ0v) is 26.4. The van der Waals surface area contributed by atoms with Gasteiger partial charge in [0.05, 0.1) is 123 Å². The molecule has 15 heteroatoms. The Morgan fingerprint density at radius 3 is 1.16 bits per heavy atom. The summed E-state index contributed by atoms with van der Waals surface area (Å²) in [5, 5.41) is 0.